The Balaban J connectivity index is 2.14. The van der Waals surface area contributed by atoms with Crippen molar-refractivity contribution in [2.45, 2.75) is 33.6 Å². The highest BCUT2D eigenvalue weighted by Crippen LogP contribution is 2.22. The SMILES string of the molecule is CCNc1nc(C)nc(N(C)CC(=O)N2CCCC2)c1C. The molecule has 0 unspecified atom stereocenters. The number of carbonyl (C=O) groups excluding carboxylic acids is 1. The molecule has 6 nitrogen and oxygen atoms in total. The van der Waals surface area contributed by atoms with Crippen molar-refractivity contribution in [1.82, 2.24) is 14.9 Å². The average Bonchev–Trinajstić information content (AvgIpc) is 2.96. The van der Waals surface area contributed by atoms with Crippen LogP contribution in [-0.4, -0.2) is 54.0 Å². The van der Waals surface area contributed by atoms with Crippen LogP contribution >= 0.6 is 0 Å². The van der Waals surface area contributed by atoms with Gasteiger partial charge in [-0.3, -0.25) is 4.79 Å². The number of amides is 1. The standard InChI is InChI=1S/C15H25N5O/c1-5-16-14-11(2)15(18-12(3)17-14)19(4)10-13(21)20-8-6-7-9-20/h5-10H2,1-4H3,(H,16,17,18). The second kappa shape index (κ2) is 6.74. The van der Waals surface area contributed by atoms with E-state index in [9.17, 15) is 4.79 Å². The Labute approximate surface area is 126 Å². The van der Waals surface area contributed by atoms with Gasteiger partial charge in [-0.1, -0.05) is 0 Å². The van der Waals surface area contributed by atoms with E-state index in [0.29, 0.717) is 12.4 Å². The van der Waals surface area contributed by atoms with Crippen molar-refractivity contribution in [2.24, 2.45) is 0 Å². The number of rotatable bonds is 5. The Kier molecular flexibility index (Phi) is 4.98. The van der Waals surface area contributed by atoms with Crippen LogP contribution < -0.4 is 10.2 Å². The molecule has 2 rings (SSSR count). The summed E-state index contributed by atoms with van der Waals surface area (Å²) in [5.41, 5.74) is 0.985. The second-order valence-corrected chi connectivity index (χ2v) is 5.54. The van der Waals surface area contributed by atoms with Crippen LogP contribution in [-0.2, 0) is 4.79 Å². The molecule has 0 radical (unpaired) electrons. The van der Waals surface area contributed by atoms with E-state index >= 15 is 0 Å². The lowest BCUT2D eigenvalue weighted by molar-refractivity contribution is -0.128. The van der Waals surface area contributed by atoms with Gasteiger partial charge >= 0.3 is 0 Å². The van der Waals surface area contributed by atoms with E-state index in [0.717, 1.165) is 49.7 Å². The van der Waals surface area contributed by atoms with Crippen molar-refractivity contribution in [2.75, 3.05) is 43.4 Å². The lowest BCUT2D eigenvalue weighted by Crippen LogP contribution is -2.38. The van der Waals surface area contributed by atoms with Gasteiger partial charge in [0, 0.05) is 32.2 Å². The predicted octanol–water partition coefficient (Wildman–Crippen LogP) is 1.58. The van der Waals surface area contributed by atoms with Crippen LogP contribution in [0.5, 0.6) is 0 Å². The molecule has 1 aliphatic heterocycles. The molecule has 1 aromatic rings. The highest BCUT2D eigenvalue weighted by molar-refractivity contribution is 5.81. The normalized spacial score (nSPS) is 14.4. The van der Waals surface area contributed by atoms with Crippen molar-refractivity contribution < 1.29 is 4.79 Å². The topological polar surface area (TPSA) is 61.4 Å². The number of likely N-dealkylation sites (N-methyl/N-ethyl adjacent to an activating group) is 1. The van der Waals surface area contributed by atoms with Gasteiger partial charge < -0.3 is 15.1 Å². The fourth-order valence-electron chi connectivity index (χ4n) is 2.67. The summed E-state index contributed by atoms with van der Waals surface area (Å²) in [6.45, 7) is 8.85. The van der Waals surface area contributed by atoms with Crippen molar-refractivity contribution >= 4 is 17.5 Å². The Morgan fingerprint density at radius 3 is 2.57 bits per heavy atom. The Hall–Kier alpha value is -1.85. The first-order valence-corrected chi connectivity index (χ1v) is 7.61. The van der Waals surface area contributed by atoms with E-state index in [4.69, 9.17) is 0 Å². The summed E-state index contributed by atoms with van der Waals surface area (Å²) < 4.78 is 0. The van der Waals surface area contributed by atoms with Gasteiger partial charge in [0.05, 0.1) is 6.54 Å². The van der Waals surface area contributed by atoms with Gasteiger partial charge in [-0.05, 0) is 33.6 Å². The Morgan fingerprint density at radius 2 is 1.95 bits per heavy atom. The quantitative estimate of drug-likeness (QED) is 0.892. The number of anilines is 2. The van der Waals surface area contributed by atoms with Gasteiger partial charge in [0.25, 0.3) is 0 Å². The van der Waals surface area contributed by atoms with E-state index in [-0.39, 0.29) is 5.91 Å². The molecule has 6 heteroatoms. The molecule has 0 spiro atoms. The molecule has 1 saturated heterocycles. The lowest BCUT2D eigenvalue weighted by Gasteiger charge is -2.24. The molecule has 1 N–H and O–H groups in total. The minimum Gasteiger partial charge on any atom is -0.370 e. The van der Waals surface area contributed by atoms with E-state index in [1.54, 1.807) is 0 Å². The summed E-state index contributed by atoms with van der Waals surface area (Å²) in [4.78, 5) is 25.0. The number of carbonyl (C=O) groups is 1. The zero-order valence-electron chi connectivity index (χ0n) is 13.4. The molecule has 1 fully saturated rings. The summed E-state index contributed by atoms with van der Waals surface area (Å²) >= 11 is 0. The summed E-state index contributed by atoms with van der Waals surface area (Å²) in [6, 6.07) is 0. The highest BCUT2D eigenvalue weighted by atomic mass is 16.2. The predicted molar refractivity (Wildman–Crippen MR) is 84.8 cm³/mol. The van der Waals surface area contributed by atoms with Gasteiger partial charge in [0.2, 0.25) is 5.91 Å². The highest BCUT2D eigenvalue weighted by Gasteiger charge is 2.21. The summed E-state index contributed by atoms with van der Waals surface area (Å²) in [5.74, 6) is 2.56. The maximum atomic E-state index is 12.3. The fourth-order valence-corrected chi connectivity index (χ4v) is 2.67. The van der Waals surface area contributed by atoms with E-state index in [1.807, 2.05) is 37.6 Å². The Bertz CT molecular complexity index is 511. The van der Waals surface area contributed by atoms with Gasteiger partial charge in [0.15, 0.2) is 0 Å². The van der Waals surface area contributed by atoms with Crippen LogP contribution in [0.2, 0.25) is 0 Å². The monoisotopic (exact) mass is 291 g/mol. The molecular formula is C15H25N5O. The second-order valence-electron chi connectivity index (χ2n) is 5.54. The minimum atomic E-state index is 0.177. The molecule has 0 bridgehead atoms. The zero-order chi connectivity index (χ0) is 15.4. The molecule has 2 heterocycles. The molecule has 1 aromatic heterocycles. The third kappa shape index (κ3) is 3.62. The third-order valence-electron chi connectivity index (χ3n) is 3.77. The summed E-state index contributed by atoms with van der Waals surface area (Å²) in [5, 5.41) is 3.25. The lowest BCUT2D eigenvalue weighted by atomic mass is 10.2. The minimum absolute atomic E-state index is 0.177. The maximum Gasteiger partial charge on any atom is 0.242 e. The Morgan fingerprint density at radius 1 is 1.29 bits per heavy atom. The number of aromatic nitrogens is 2. The van der Waals surface area contributed by atoms with Crippen molar-refractivity contribution in [1.29, 1.82) is 0 Å². The molecule has 21 heavy (non-hydrogen) atoms. The molecule has 116 valence electrons. The molecule has 1 amide bonds. The molecule has 1 aliphatic rings. The fraction of sp³-hybridized carbons (Fsp3) is 0.667. The van der Waals surface area contributed by atoms with Crippen molar-refractivity contribution in [3.8, 4) is 0 Å². The van der Waals surface area contributed by atoms with Gasteiger partial charge in [0.1, 0.15) is 17.5 Å². The summed E-state index contributed by atoms with van der Waals surface area (Å²) in [7, 11) is 1.92. The van der Waals surface area contributed by atoms with E-state index in [2.05, 4.69) is 15.3 Å². The zero-order valence-corrected chi connectivity index (χ0v) is 13.4. The van der Waals surface area contributed by atoms with Gasteiger partial charge in [-0.2, -0.15) is 0 Å². The van der Waals surface area contributed by atoms with E-state index < -0.39 is 0 Å². The number of likely N-dealkylation sites (tertiary alicyclic amines) is 1. The van der Waals surface area contributed by atoms with Crippen LogP contribution in [0.15, 0.2) is 0 Å². The average molecular weight is 291 g/mol. The van der Waals surface area contributed by atoms with Crippen molar-refractivity contribution in [3.63, 3.8) is 0 Å². The molecule has 0 aromatic carbocycles. The summed E-state index contributed by atoms with van der Waals surface area (Å²) in [6.07, 6.45) is 2.23. The number of hydrogen-bond acceptors (Lipinski definition) is 5. The molecule has 0 atom stereocenters. The number of nitrogens with zero attached hydrogens (tertiary/aromatic N) is 4. The largest absolute Gasteiger partial charge is 0.370 e. The van der Waals surface area contributed by atoms with Crippen LogP contribution in [0.4, 0.5) is 11.6 Å². The molecule has 0 saturated carbocycles. The van der Waals surface area contributed by atoms with Crippen LogP contribution in [0.3, 0.4) is 0 Å². The molecular weight excluding hydrogens is 266 g/mol. The van der Waals surface area contributed by atoms with Crippen LogP contribution in [0.1, 0.15) is 31.2 Å². The van der Waals surface area contributed by atoms with E-state index in [1.165, 1.54) is 0 Å². The van der Waals surface area contributed by atoms with Gasteiger partial charge in [-0.15, -0.1) is 0 Å². The number of hydrogen-bond donors (Lipinski definition) is 1. The smallest absolute Gasteiger partial charge is 0.242 e. The first kappa shape index (κ1) is 15.5. The van der Waals surface area contributed by atoms with Crippen LogP contribution in [0.25, 0.3) is 0 Å². The van der Waals surface area contributed by atoms with Gasteiger partial charge in [-0.25, -0.2) is 9.97 Å². The number of nitrogens with one attached hydrogen (secondary N) is 1. The maximum absolute atomic E-state index is 12.3. The van der Waals surface area contributed by atoms with Crippen molar-refractivity contribution in [3.05, 3.63) is 11.4 Å². The number of aryl methyl sites for hydroxylation is 1. The van der Waals surface area contributed by atoms with Crippen LogP contribution in [0, 0.1) is 13.8 Å². The molecule has 0 aliphatic carbocycles. The third-order valence-corrected chi connectivity index (χ3v) is 3.77. The first-order valence-electron chi connectivity index (χ1n) is 7.61. The first-order chi connectivity index (χ1) is 10.0.